The molecule has 1 aliphatic rings. The summed E-state index contributed by atoms with van der Waals surface area (Å²) >= 11 is 0. The lowest BCUT2D eigenvalue weighted by Gasteiger charge is -2.30. The molecular formula is C8H19N3. The van der Waals surface area contributed by atoms with E-state index in [4.69, 9.17) is 0 Å². The van der Waals surface area contributed by atoms with Gasteiger partial charge in [-0.15, -0.1) is 0 Å². The van der Waals surface area contributed by atoms with E-state index in [1.54, 1.807) is 0 Å². The van der Waals surface area contributed by atoms with Crippen molar-refractivity contribution >= 4 is 0 Å². The zero-order chi connectivity index (χ0) is 8.10. The smallest absolute Gasteiger partial charge is 0.0320 e. The van der Waals surface area contributed by atoms with Gasteiger partial charge in [0.1, 0.15) is 0 Å². The normalized spacial score (nSPS) is 27.3. The Kier molecular flexibility index (Phi) is 3.83. The Hall–Kier alpha value is -0.120. The van der Waals surface area contributed by atoms with Crippen LogP contribution in [0.4, 0.5) is 0 Å². The van der Waals surface area contributed by atoms with Gasteiger partial charge in [0.15, 0.2) is 0 Å². The molecule has 1 saturated heterocycles. The van der Waals surface area contributed by atoms with Crippen LogP contribution < -0.4 is 10.6 Å². The van der Waals surface area contributed by atoms with Gasteiger partial charge in [-0.2, -0.15) is 0 Å². The molecule has 11 heavy (non-hydrogen) atoms. The standard InChI is InChI=1S/C8H19N3/c1-3-9-6-8-7-11(2)5-4-10-8/h8-10H,3-7H2,1-2H3. The summed E-state index contributed by atoms with van der Waals surface area (Å²) in [7, 11) is 2.18. The summed E-state index contributed by atoms with van der Waals surface area (Å²) < 4.78 is 0. The molecule has 2 N–H and O–H groups in total. The molecule has 1 heterocycles. The van der Waals surface area contributed by atoms with Crippen molar-refractivity contribution in [3.8, 4) is 0 Å². The molecule has 3 heteroatoms. The molecule has 1 atom stereocenters. The van der Waals surface area contributed by atoms with E-state index in [9.17, 15) is 0 Å². The van der Waals surface area contributed by atoms with Gasteiger partial charge in [-0.1, -0.05) is 6.92 Å². The van der Waals surface area contributed by atoms with Gasteiger partial charge in [0, 0.05) is 32.2 Å². The minimum atomic E-state index is 0.647. The summed E-state index contributed by atoms with van der Waals surface area (Å²) in [6.07, 6.45) is 0. The van der Waals surface area contributed by atoms with Gasteiger partial charge in [-0.3, -0.25) is 0 Å². The van der Waals surface area contributed by atoms with Crippen molar-refractivity contribution in [3.63, 3.8) is 0 Å². The first-order valence-electron chi connectivity index (χ1n) is 4.45. The maximum absolute atomic E-state index is 3.48. The second kappa shape index (κ2) is 4.70. The fourth-order valence-corrected chi connectivity index (χ4v) is 1.45. The van der Waals surface area contributed by atoms with E-state index in [0.717, 1.165) is 19.6 Å². The SMILES string of the molecule is CCNCC1CN(C)CCN1. The second-order valence-electron chi connectivity index (χ2n) is 3.22. The van der Waals surface area contributed by atoms with Gasteiger partial charge in [0.05, 0.1) is 0 Å². The van der Waals surface area contributed by atoms with E-state index in [-0.39, 0.29) is 0 Å². The average molecular weight is 157 g/mol. The second-order valence-corrected chi connectivity index (χ2v) is 3.22. The van der Waals surface area contributed by atoms with Crippen LogP contribution in [-0.4, -0.2) is 50.7 Å². The number of rotatable bonds is 3. The van der Waals surface area contributed by atoms with Gasteiger partial charge in [0.25, 0.3) is 0 Å². The highest BCUT2D eigenvalue weighted by Crippen LogP contribution is 1.93. The molecule has 0 saturated carbocycles. The molecule has 0 amide bonds. The Morgan fingerprint density at radius 3 is 3.09 bits per heavy atom. The molecule has 0 radical (unpaired) electrons. The van der Waals surface area contributed by atoms with Gasteiger partial charge in [-0.05, 0) is 13.6 Å². The van der Waals surface area contributed by atoms with Gasteiger partial charge < -0.3 is 15.5 Å². The lowest BCUT2D eigenvalue weighted by Crippen LogP contribution is -2.53. The predicted molar refractivity (Wildman–Crippen MR) is 47.8 cm³/mol. The highest BCUT2D eigenvalue weighted by molar-refractivity contribution is 4.77. The van der Waals surface area contributed by atoms with Crippen LogP contribution in [0.5, 0.6) is 0 Å². The Bertz CT molecular complexity index is 106. The Morgan fingerprint density at radius 1 is 1.64 bits per heavy atom. The minimum Gasteiger partial charge on any atom is -0.315 e. The van der Waals surface area contributed by atoms with Crippen LogP contribution in [-0.2, 0) is 0 Å². The van der Waals surface area contributed by atoms with Crippen LogP contribution in [0.2, 0.25) is 0 Å². The number of piperazine rings is 1. The molecule has 0 spiro atoms. The third-order valence-corrected chi connectivity index (χ3v) is 2.10. The first-order chi connectivity index (χ1) is 5.33. The number of nitrogens with one attached hydrogen (secondary N) is 2. The van der Waals surface area contributed by atoms with E-state index in [2.05, 4.69) is 29.5 Å². The van der Waals surface area contributed by atoms with Crippen LogP contribution in [0.3, 0.4) is 0 Å². The predicted octanol–water partition coefficient (Wildman–Crippen LogP) is -0.500. The fraction of sp³-hybridized carbons (Fsp3) is 1.00. The number of nitrogens with zero attached hydrogens (tertiary/aromatic N) is 1. The largest absolute Gasteiger partial charge is 0.315 e. The maximum Gasteiger partial charge on any atom is 0.0320 e. The van der Waals surface area contributed by atoms with Crippen molar-refractivity contribution in [3.05, 3.63) is 0 Å². The highest BCUT2D eigenvalue weighted by Gasteiger charge is 2.14. The van der Waals surface area contributed by atoms with Crippen molar-refractivity contribution in [2.45, 2.75) is 13.0 Å². The molecule has 1 fully saturated rings. The van der Waals surface area contributed by atoms with Crippen LogP contribution in [0.15, 0.2) is 0 Å². The summed E-state index contributed by atoms with van der Waals surface area (Å²) in [6.45, 7) is 7.80. The molecule has 0 aromatic heterocycles. The lowest BCUT2D eigenvalue weighted by atomic mass is 10.2. The van der Waals surface area contributed by atoms with Crippen LogP contribution in [0.1, 0.15) is 6.92 Å². The topological polar surface area (TPSA) is 27.3 Å². The van der Waals surface area contributed by atoms with E-state index < -0.39 is 0 Å². The van der Waals surface area contributed by atoms with Crippen molar-refractivity contribution in [2.75, 3.05) is 39.8 Å². The first kappa shape index (κ1) is 8.97. The molecule has 0 bridgehead atoms. The van der Waals surface area contributed by atoms with E-state index >= 15 is 0 Å². The summed E-state index contributed by atoms with van der Waals surface area (Å²) in [4.78, 5) is 2.37. The maximum atomic E-state index is 3.48. The van der Waals surface area contributed by atoms with Gasteiger partial charge in [-0.25, -0.2) is 0 Å². The molecule has 1 unspecified atom stereocenters. The lowest BCUT2D eigenvalue weighted by molar-refractivity contribution is 0.235. The summed E-state index contributed by atoms with van der Waals surface area (Å²) in [6, 6.07) is 0.647. The zero-order valence-corrected chi connectivity index (χ0v) is 7.56. The molecule has 1 rings (SSSR count). The van der Waals surface area contributed by atoms with Gasteiger partial charge >= 0.3 is 0 Å². The molecule has 0 aliphatic carbocycles. The van der Waals surface area contributed by atoms with E-state index in [1.807, 2.05) is 0 Å². The van der Waals surface area contributed by atoms with Crippen molar-refractivity contribution < 1.29 is 0 Å². The van der Waals surface area contributed by atoms with Crippen LogP contribution in [0.25, 0.3) is 0 Å². The van der Waals surface area contributed by atoms with E-state index in [0.29, 0.717) is 6.04 Å². The average Bonchev–Trinajstić information content (AvgIpc) is 2.01. The monoisotopic (exact) mass is 157 g/mol. The molecule has 3 nitrogen and oxygen atoms in total. The number of hydrogen-bond donors (Lipinski definition) is 2. The molecule has 0 aromatic rings. The number of hydrogen-bond acceptors (Lipinski definition) is 3. The number of likely N-dealkylation sites (N-methyl/N-ethyl adjacent to an activating group) is 2. The van der Waals surface area contributed by atoms with Crippen molar-refractivity contribution in [2.24, 2.45) is 0 Å². The molecule has 1 aliphatic heterocycles. The highest BCUT2D eigenvalue weighted by atomic mass is 15.2. The van der Waals surface area contributed by atoms with Crippen LogP contribution in [0, 0.1) is 0 Å². The minimum absolute atomic E-state index is 0.647. The summed E-state index contributed by atoms with van der Waals surface area (Å²) in [5, 5.41) is 6.83. The van der Waals surface area contributed by atoms with E-state index in [1.165, 1.54) is 13.1 Å². The van der Waals surface area contributed by atoms with Gasteiger partial charge in [0.2, 0.25) is 0 Å². The third kappa shape index (κ3) is 3.18. The quantitative estimate of drug-likeness (QED) is 0.578. The van der Waals surface area contributed by atoms with Crippen molar-refractivity contribution in [1.29, 1.82) is 0 Å². The summed E-state index contributed by atoms with van der Waals surface area (Å²) in [5.41, 5.74) is 0. The summed E-state index contributed by atoms with van der Waals surface area (Å²) in [5.74, 6) is 0. The Morgan fingerprint density at radius 2 is 2.45 bits per heavy atom. The van der Waals surface area contributed by atoms with Crippen molar-refractivity contribution in [1.82, 2.24) is 15.5 Å². The Balaban J connectivity index is 2.12. The first-order valence-corrected chi connectivity index (χ1v) is 4.45. The molecular weight excluding hydrogens is 138 g/mol. The zero-order valence-electron chi connectivity index (χ0n) is 7.56. The van der Waals surface area contributed by atoms with Crippen LogP contribution >= 0.6 is 0 Å². The molecule has 66 valence electrons. The Labute approximate surface area is 69.1 Å². The molecule has 0 aromatic carbocycles. The fourth-order valence-electron chi connectivity index (χ4n) is 1.45. The third-order valence-electron chi connectivity index (χ3n) is 2.10.